The van der Waals surface area contributed by atoms with Crippen molar-refractivity contribution in [2.75, 3.05) is 6.67 Å². The Balaban J connectivity index is 2.96. The second-order valence-corrected chi connectivity index (χ2v) is 7.28. The molecule has 0 aliphatic heterocycles. The predicted molar refractivity (Wildman–Crippen MR) is 77.8 cm³/mol. The Labute approximate surface area is 136 Å². The molecule has 0 aliphatic rings. The van der Waals surface area contributed by atoms with E-state index in [1.54, 1.807) is 0 Å². The van der Waals surface area contributed by atoms with Crippen molar-refractivity contribution < 1.29 is 31.5 Å². The third-order valence-electron chi connectivity index (χ3n) is 3.02. The number of nitrogens with one attached hydrogen (secondary N) is 1. The van der Waals surface area contributed by atoms with Crippen LogP contribution < -0.4 is 5.32 Å². The van der Waals surface area contributed by atoms with Gasteiger partial charge in [-0.2, -0.15) is 8.78 Å². The van der Waals surface area contributed by atoms with Gasteiger partial charge in [0.15, 0.2) is 0 Å². The first-order valence-corrected chi connectivity index (χ1v) is 8.40. The number of alkyl halides is 4. The average molecular weight is 374 g/mol. The molecule has 0 fully saturated rings. The van der Waals surface area contributed by atoms with E-state index in [-0.39, 0.29) is 5.56 Å². The van der Waals surface area contributed by atoms with Crippen molar-refractivity contribution in [3.05, 3.63) is 29.8 Å². The number of aliphatic hydroxyl groups excluding tert-OH is 1. The maximum Gasteiger partial charge on any atom is 0.341 e. The first-order chi connectivity index (χ1) is 10.6. The Morgan fingerprint density at radius 3 is 2.22 bits per heavy atom. The molecule has 2 N–H and O–H groups in total. The van der Waals surface area contributed by atoms with Gasteiger partial charge in [0.2, 0.25) is 15.7 Å². The van der Waals surface area contributed by atoms with E-state index in [0.29, 0.717) is 0 Å². The fourth-order valence-corrected chi connectivity index (χ4v) is 2.47. The normalized spacial score (nSPS) is 16.0. The molecule has 1 aromatic carbocycles. The molecule has 0 aliphatic carbocycles. The highest BCUT2D eigenvalue weighted by Gasteiger charge is 2.28. The van der Waals surface area contributed by atoms with Gasteiger partial charge in [0.1, 0.15) is 18.2 Å². The summed E-state index contributed by atoms with van der Waals surface area (Å²) in [6.07, 6.45) is -1.50. The Bertz CT molecular complexity index is 637. The number of carbonyl (C=O) groups is 1. The Morgan fingerprint density at radius 1 is 1.30 bits per heavy atom. The van der Waals surface area contributed by atoms with E-state index in [9.17, 15) is 31.5 Å². The molecule has 0 heterocycles. The lowest BCUT2D eigenvalue weighted by Crippen LogP contribution is -2.43. The lowest BCUT2D eigenvalue weighted by Gasteiger charge is -2.22. The van der Waals surface area contributed by atoms with Crippen LogP contribution >= 0.6 is 11.6 Å². The van der Waals surface area contributed by atoms with Crippen molar-refractivity contribution in [1.29, 1.82) is 0 Å². The number of carbonyl (C=O) groups excluding carboxylic acids is 1. The van der Waals surface area contributed by atoms with Gasteiger partial charge < -0.3 is 10.4 Å². The van der Waals surface area contributed by atoms with E-state index in [4.69, 9.17) is 11.6 Å². The molecule has 0 saturated heterocycles. The molecule has 5 nitrogen and oxygen atoms in total. The fourth-order valence-electron chi connectivity index (χ4n) is 1.69. The standard InChI is InChI=1S/C13H15ClF3NO4S/c1-7(14)12(20)18-10(6-15)11(19)8-2-4-9(5-3-8)23(21,22)13(16)17/h2-5,7,10-11,13,19H,6H2,1H3,(H,18,20)/t7?,10-,11-/m1/s1. The molecule has 1 aromatic rings. The minimum absolute atomic E-state index is 0.0587. The van der Waals surface area contributed by atoms with Crippen LogP contribution in [0.15, 0.2) is 29.2 Å². The molecule has 0 spiro atoms. The lowest BCUT2D eigenvalue weighted by molar-refractivity contribution is -0.122. The van der Waals surface area contributed by atoms with E-state index in [2.05, 4.69) is 5.32 Å². The molecule has 1 rings (SSSR count). The molecule has 23 heavy (non-hydrogen) atoms. The first kappa shape index (κ1) is 19.7. The summed E-state index contributed by atoms with van der Waals surface area (Å²) in [7, 11) is -4.75. The zero-order chi connectivity index (χ0) is 17.8. The Morgan fingerprint density at radius 2 is 1.83 bits per heavy atom. The topological polar surface area (TPSA) is 83.5 Å². The number of halogens is 4. The number of benzene rings is 1. The highest BCUT2D eigenvalue weighted by molar-refractivity contribution is 7.91. The summed E-state index contributed by atoms with van der Waals surface area (Å²) in [5, 5.41) is 11.3. The number of sulfone groups is 1. The number of aliphatic hydroxyl groups is 1. The maximum atomic E-state index is 13.0. The predicted octanol–water partition coefficient (Wildman–Crippen LogP) is 1.80. The average Bonchev–Trinajstić information content (AvgIpc) is 2.51. The van der Waals surface area contributed by atoms with Gasteiger partial charge in [0, 0.05) is 0 Å². The maximum absolute atomic E-state index is 13.0. The van der Waals surface area contributed by atoms with Gasteiger partial charge in [0.05, 0.1) is 10.9 Å². The fraction of sp³-hybridized carbons (Fsp3) is 0.462. The summed E-state index contributed by atoms with van der Waals surface area (Å²) in [6, 6.07) is 2.58. The van der Waals surface area contributed by atoms with Crippen LogP contribution in [0, 0.1) is 0 Å². The van der Waals surface area contributed by atoms with Crippen LogP contribution in [0.1, 0.15) is 18.6 Å². The van der Waals surface area contributed by atoms with Crippen molar-refractivity contribution in [2.24, 2.45) is 0 Å². The number of rotatable bonds is 7. The summed E-state index contributed by atoms with van der Waals surface area (Å²) in [5.74, 6) is -4.26. The molecule has 3 atom stereocenters. The summed E-state index contributed by atoms with van der Waals surface area (Å²) in [5.41, 5.74) is 0.0587. The summed E-state index contributed by atoms with van der Waals surface area (Å²) < 4.78 is 60.4. The second-order valence-electron chi connectivity index (χ2n) is 4.70. The third kappa shape index (κ3) is 4.82. The van der Waals surface area contributed by atoms with E-state index >= 15 is 0 Å². The molecule has 1 amide bonds. The zero-order valence-corrected chi connectivity index (χ0v) is 13.5. The Kier molecular flexibility index (Phi) is 6.84. The zero-order valence-electron chi connectivity index (χ0n) is 11.9. The van der Waals surface area contributed by atoms with Crippen LogP contribution in [0.3, 0.4) is 0 Å². The van der Waals surface area contributed by atoms with Crippen LogP contribution in [0.25, 0.3) is 0 Å². The SMILES string of the molecule is CC(Cl)C(=O)N[C@H](CF)[C@H](O)c1ccc(S(=O)(=O)C(F)F)cc1. The minimum Gasteiger partial charge on any atom is -0.386 e. The molecule has 0 saturated carbocycles. The molecule has 0 bridgehead atoms. The smallest absolute Gasteiger partial charge is 0.341 e. The van der Waals surface area contributed by atoms with Crippen LogP contribution in [-0.4, -0.2) is 43.3 Å². The number of amides is 1. The highest BCUT2D eigenvalue weighted by atomic mass is 35.5. The molecule has 0 radical (unpaired) electrons. The van der Waals surface area contributed by atoms with Crippen LogP contribution in [0.2, 0.25) is 0 Å². The van der Waals surface area contributed by atoms with E-state index in [0.717, 1.165) is 24.3 Å². The van der Waals surface area contributed by atoms with Crippen molar-refractivity contribution >= 4 is 27.3 Å². The van der Waals surface area contributed by atoms with E-state index in [1.807, 2.05) is 0 Å². The van der Waals surface area contributed by atoms with Crippen LogP contribution in [0.5, 0.6) is 0 Å². The first-order valence-electron chi connectivity index (χ1n) is 6.41. The van der Waals surface area contributed by atoms with Crippen molar-refractivity contribution in [3.8, 4) is 0 Å². The molecule has 10 heteroatoms. The van der Waals surface area contributed by atoms with Crippen LogP contribution in [0.4, 0.5) is 13.2 Å². The van der Waals surface area contributed by atoms with Gasteiger partial charge >= 0.3 is 5.76 Å². The Hall–Kier alpha value is -1.32. The van der Waals surface area contributed by atoms with Gasteiger partial charge in [-0.3, -0.25) is 4.79 Å². The monoisotopic (exact) mass is 373 g/mol. The van der Waals surface area contributed by atoms with Gasteiger partial charge in [-0.25, -0.2) is 12.8 Å². The second kappa shape index (κ2) is 7.98. The molecule has 1 unspecified atom stereocenters. The third-order valence-corrected chi connectivity index (χ3v) is 4.62. The van der Waals surface area contributed by atoms with E-state index in [1.165, 1.54) is 6.92 Å². The van der Waals surface area contributed by atoms with Gasteiger partial charge in [0.25, 0.3) is 0 Å². The van der Waals surface area contributed by atoms with Gasteiger partial charge in [-0.15, -0.1) is 11.6 Å². The molecule has 0 aromatic heterocycles. The molecular formula is C13H15ClF3NO4S. The highest BCUT2D eigenvalue weighted by Crippen LogP contribution is 2.23. The molecular weight excluding hydrogens is 359 g/mol. The van der Waals surface area contributed by atoms with Crippen LogP contribution in [-0.2, 0) is 14.6 Å². The largest absolute Gasteiger partial charge is 0.386 e. The summed E-state index contributed by atoms with van der Waals surface area (Å²) in [6.45, 7) is 0.260. The quantitative estimate of drug-likeness (QED) is 0.714. The van der Waals surface area contributed by atoms with Gasteiger partial charge in [-0.1, -0.05) is 12.1 Å². The minimum atomic E-state index is -4.75. The van der Waals surface area contributed by atoms with E-state index < -0.39 is 50.6 Å². The summed E-state index contributed by atoms with van der Waals surface area (Å²) >= 11 is 5.53. The lowest BCUT2D eigenvalue weighted by atomic mass is 10.0. The van der Waals surface area contributed by atoms with Crippen molar-refractivity contribution in [3.63, 3.8) is 0 Å². The number of hydrogen-bond donors (Lipinski definition) is 2. The summed E-state index contributed by atoms with van der Waals surface area (Å²) in [4.78, 5) is 10.8. The van der Waals surface area contributed by atoms with Gasteiger partial charge in [-0.05, 0) is 24.6 Å². The van der Waals surface area contributed by atoms with Crippen molar-refractivity contribution in [1.82, 2.24) is 5.32 Å². The number of hydrogen-bond acceptors (Lipinski definition) is 4. The molecule has 130 valence electrons. The van der Waals surface area contributed by atoms with Crippen molar-refractivity contribution in [2.45, 2.75) is 35.1 Å².